The molecule has 0 amide bonds. The van der Waals surface area contributed by atoms with Crippen LogP contribution in [0.2, 0.25) is 0 Å². The molecular weight excluding hydrogens is 365 g/mol. The third-order valence-electron chi connectivity index (χ3n) is 5.93. The number of rotatable bonds is 3. The summed E-state index contributed by atoms with van der Waals surface area (Å²) >= 11 is 6.50. The lowest BCUT2D eigenvalue weighted by molar-refractivity contribution is -1.11. The second-order valence-corrected chi connectivity index (χ2v) is 9.73. The summed E-state index contributed by atoms with van der Waals surface area (Å²) in [6.45, 7) is 3.86. The summed E-state index contributed by atoms with van der Waals surface area (Å²) in [7, 11) is -2.11. The third kappa shape index (κ3) is 3.59. The van der Waals surface area contributed by atoms with Crippen molar-refractivity contribution in [2.75, 3.05) is 7.05 Å². The van der Waals surface area contributed by atoms with Crippen molar-refractivity contribution < 1.29 is 21.7 Å². The summed E-state index contributed by atoms with van der Waals surface area (Å²) in [5.74, 6) is -0.0696. The van der Waals surface area contributed by atoms with E-state index in [1.54, 1.807) is 31.3 Å². The van der Waals surface area contributed by atoms with Gasteiger partial charge in [-0.2, -0.15) is 13.1 Å². The molecule has 4 nitrogen and oxygen atoms in total. The van der Waals surface area contributed by atoms with Gasteiger partial charge in [0.25, 0.3) is 0 Å². The Morgan fingerprint density at radius 1 is 1.20 bits per heavy atom. The summed E-state index contributed by atoms with van der Waals surface area (Å²) in [5, 5.41) is -0.143. The number of likely N-dealkylation sites (tertiary alicyclic amines) is 1. The molecule has 1 saturated heterocycles. The van der Waals surface area contributed by atoms with Gasteiger partial charge in [0, 0.05) is 24.1 Å². The Kier molecular flexibility index (Phi) is 5.19. The predicted octanol–water partition coefficient (Wildman–Crippen LogP) is 3.97. The average molecular weight is 391 g/mol. The van der Waals surface area contributed by atoms with Crippen molar-refractivity contribution >= 4 is 21.7 Å². The van der Waals surface area contributed by atoms with Crippen molar-refractivity contribution in [3.8, 4) is 0 Å². The first-order chi connectivity index (χ1) is 11.6. The number of piperidine rings is 1. The van der Waals surface area contributed by atoms with E-state index >= 15 is 0 Å². The van der Waals surface area contributed by atoms with Gasteiger partial charge in [0.05, 0.1) is 4.90 Å². The van der Waals surface area contributed by atoms with E-state index in [9.17, 15) is 12.8 Å². The summed E-state index contributed by atoms with van der Waals surface area (Å²) in [4.78, 5) is 0.147. The first-order valence-corrected chi connectivity index (χ1v) is 10.6. The highest BCUT2D eigenvalue weighted by Crippen LogP contribution is 2.45. The molecule has 6 unspecified atom stereocenters. The van der Waals surface area contributed by atoms with E-state index in [1.165, 1.54) is 0 Å². The second-order valence-electron chi connectivity index (χ2n) is 7.64. The van der Waals surface area contributed by atoms with E-state index in [0.717, 1.165) is 5.56 Å². The van der Waals surface area contributed by atoms with Gasteiger partial charge in [0.1, 0.15) is 25.3 Å². The second kappa shape index (κ2) is 6.80. The fraction of sp³-hybridized carbons (Fsp3) is 0.667. The lowest BCUT2D eigenvalue weighted by Crippen LogP contribution is -2.67. The molecule has 0 N–H and O–H groups in total. The maximum atomic E-state index is 13.9. The molecule has 0 radical (unpaired) electrons. The van der Waals surface area contributed by atoms with E-state index in [2.05, 4.69) is 0 Å². The molecule has 1 aromatic carbocycles. The number of quaternary nitrogens is 1. The standard InChI is InChI=1S/C18H26ClFNO3S/c1-12-4-7-15(8-5-12)25(22,23)24-21(3)13(2)10-17(19)16-11-14(20)6-9-18(16)21/h4-5,7-8,13-14,16-18H,6,9-11H2,1-3H3/q+1. The summed E-state index contributed by atoms with van der Waals surface area (Å²) < 4.78 is 45.3. The van der Waals surface area contributed by atoms with Crippen LogP contribution in [-0.2, 0) is 14.4 Å². The minimum Gasteiger partial charge on any atom is -0.247 e. The third-order valence-corrected chi connectivity index (χ3v) is 7.80. The van der Waals surface area contributed by atoms with E-state index in [0.29, 0.717) is 25.7 Å². The number of benzene rings is 1. The van der Waals surface area contributed by atoms with Gasteiger partial charge in [-0.1, -0.05) is 22.0 Å². The average Bonchev–Trinajstić information content (AvgIpc) is 2.53. The molecule has 140 valence electrons. The molecule has 1 aliphatic heterocycles. The van der Waals surface area contributed by atoms with E-state index in [-0.39, 0.29) is 32.9 Å². The minimum atomic E-state index is -3.91. The molecule has 1 heterocycles. The molecule has 2 fully saturated rings. The van der Waals surface area contributed by atoms with Crippen LogP contribution in [0.3, 0.4) is 0 Å². The van der Waals surface area contributed by atoms with Crippen molar-refractivity contribution in [1.29, 1.82) is 0 Å². The number of hydrogen-bond donors (Lipinski definition) is 0. The Morgan fingerprint density at radius 2 is 1.84 bits per heavy atom. The van der Waals surface area contributed by atoms with Crippen molar-refractivity contribution in [1.82, 2.24) is 0 Å². The number of hydrogen-bond acceptors (Lipinski definition) is 3. The van der Waals surface area contributed by atoms with Crippen LogP contribution in [-0.4, -0.2) is 43.7 Å². The Morgan fingerprint density at radius 3 is 2.48 bits per heavy atom. The van der Waals surface area contributed by atoms with Crippen LogP contribution in [0.25, 0.3) is 0 Å². The fourth-order valence-electron chi connectivity index (χ4n) is 4.29. The lowest BCUT2D eigenvalue weighted by Gasteiger charge is -2.52. The molecular formula is C18H26ClFNO3S+. The molecule has 0 bridgehead atoms. The van der Waals surface area contributed by atoms with Crippen molar-refractivity contribution in [3.05, 3.63) is 29.8 Å². The van der Waals surface area contributed by atoms with Gasteiger partial charge < -0.3 is 0 Å². The van der Waals surface area contributed by atoms with Gasteiger partial charge in [-0.25, -0.2) is 4.39 Å². The molecule has 1 aromatic rings. The van der Waals surface area contributed by atoms with Gasteiger partial charge in [0.2, 0.25) is 0 Å². The maximum absolute atomic E-state index is 13.9. The highest BCUT2D eigenvalue weighted by Gasteiger charge is 2.56. The normalized spacial score (nSPS) is 39.0. The summed E-state index contributed by atoms with van der Waals surface area (Å²) in [6.07, 6.45) is 1.14. The zero-order valence-corrected chi connectivity index (χ0v) is 16.4. The molecule has 25 heavy (non-hydrogen) atoms. The van der Waals surface area contributed by atoms with Crippen LogP contribution in [0.15, 0.2) is 29.2 Å². The van der Waals surface area contributed by atoms with Gasteiger partial charge in [0.15, 0.2) is 0 Å². The SMILES string of the molecule is Cc1ccc(S(=O)(=O)O[N+]2(C)C(C)CC(Cl)C3CC(F)CCC32)cc1. The summed E-state index contributed by atoms with van der Waals surface area (Å²) in [5.41, 5.74) is 0.983. The molecule has 2 aliphatic rings. The molecule has 7 heteroatoms. The number of halogens is 2. The Labute approximate surface area is 154 Å². The van der Waals surface area contributed by atoms with E-state index in [4.69, 9.17) is 15.9 Å². The Hall–Kier alpha value is -0.690. The molecule has 1 saturated carbocycles. The number of alkyl halides is 2. The van der Waals surface area contributed by atoms with Gasteiger partial charge in [-0.3, -0.25) is 0 Å². The maximum Gasteiger partial charge on any atom is 0.342 e. The Bertz CT molecular complexity index is 726. The summed E-state index contributed by atoms with van der Waals surface area (Å²) in [6, 6.07) is 6.43. The monoisotopic (exact) mass is 390 g/mol. The highest BCUT2D eigenvalue weighted by atomic mass is 35.5. The van der Waals surface area contributed by atoms with Crippen molar-refractivity contribution in [2.24, 2.45) is 5.92 Å². The molecule has 0 aromatic heterocycles. The van der Waals surface area contributed by atoms with Crippen molar-refractivity contribution in [2.45, 2.75) is 68.1 Å². The minimum absolute atomic E-state index is 0.0587. The smallest absolute Gasteiger partial charge is 0.247 e. The highest BCUT2D eigenvalue weighted by molar-refractivity contribution is 7.86. The van der Waals surface area contributed by atoms with E-state index in [1.807, 2.05) is 13.8 Å². The predicted molar refractivity (Wildman–Crippen MR) is 95.4 cm³/mol. The van der Waals surface area contributed by atoms with Crippen molar-refractivity contribution in [3.63, 3.8) is 0 Å². The first kappa shape index (κ1) is 19.1. The zero-order chi connectivity index (χ0) is 18.4. The van der Waals surface area contributed by atoms with E-state index < -0.39 is 16.3 Å². The molecule has 1 aliphatic carbocycles. The van der Waals surface area contributed by atoms with Gasteiger partial charge >= 0.3 is 10.1 Å². The van der Waals surface area contributed by atoms with Crippen LogP contribution in [0, 0.1) is 12.8 Å². The number of fused-ring (bicyclic) bond motifs is 1. The Balaban J connectivity index is 1.91. The van der Waals surface area contributed by atoms with Crippen LogP contribution >= 0.6 is 11.6 Å². The van der Waals surface area contributed by atoms with Crippen LogP contribution in [0.4, 0.5) is 4.39 Å². The number of hydroxylamine groups is 3. The molecule has 0 spiro atoms. The van der Waals surface area contributed by atoms with Crippen LogP contribution in [0.5, 0.6) is 0 Å². The number of nitrogens with zero attached hydrogens (tertiary/aromatic N) is 1. The first-order valence-electron chi connectivity index (χ1n) is 8.80. The van der Waals surface area contributed by atoms with Crippen LogP contribution < -0.4 is 0 Å². The molecule has 6 atom stereocenters. The van der Waals surface area contributed by atoms with Gasteiger partial charge in [-0.15, -0.1) is 11.6 Å². The topological polar surface area (TPSA) is 43.4 Å². The number of aryl methyl sites for hydroxylation is 1. The molecule has 3 rings (SSSR count). The van der Waals surface area contributed by atoms with Gasteiger partial charge in [-0.05, 0) is 38.8 Å². The largest absolute Gasteiger partial charge is 0.342 e. The van der Waals surface area contributed by atoms with Crippen LogP contribution in [0.1, 0.15) is 38.2 Å². The zero-order valence-electron chi connectivity index (χ0n) is 14.9. The quantitative estimate of drug-likeness (QED) is 0.579. The lowest BCUT2D eigenvalue weighted by atomic mass is 9.75. The fourth-order valence-corrected chi connectivity index (χ4v) is 6.05.